The van der Waals surface area contributed by atoms with Crippen LogP contribution in [0, 0.1) is 11.3 Å². The largest absolute Gasteiger partial charge is 0.300 e. The van der Waals surface area contributed by atoms with Crippen LogP contribution in [0.5, 0.6) is 0 Å². The van der Waals surface area contributed by atoms with Gasteiger partial charge in [-0.3, -0.25) is 10.3 Å². The summed E-state index contributed by atoms with van der Waals surface area (Å²) in [7, 11) is 2.04. The molecule has 0 saturated heterocycles. The van der Waals surface area contributed by atoms with Crippen LogP contribution in [0.1, 0.15) is 16.0 Å². The van der Waals surface area contributed by atoms with Gasteiger partial charge in [-0.05, 0) is 24.7 Å². The summed E-state index contributed by atoms with van der Waals surface area (Å²) < 4.78 is 0. The van der Waals surface area contributed by atoms with Gasteiger partial charge in [-0.15, -0.1) is 0 Å². The van der Waals surface area contributed by atoms with Crippen LogP contribution in [0.4, 0.5) is 5.13 Å². The number of nitrogens with one attached hydrogen (secondary N) is 1. The minimum atomic E-state index is 0.693. The number of nitrogens with zero attached hydrogens (tertiary/aromatic N) is 3. The Hall–Kier alpha value is -1.94. The number of nitrogens with two attached hydrogens (primary N) is 1. The van der Waals surface area contributed by atoms with Crippen LogP contribution >= 0.6 is 11.3 Å². The molecule has 1 heterocycles. The molecular formula is C13H15N5S. The van der Waals surface area contributed by atoms with E-state index in [9.17, 15) is 0 Å². The van der Waals surface area contributed by atoms with Gasteiger partial charge in [0.1, 0.15) is 0 Å². The van der Waals surface area contributed by atoms with Crippen LogP contribution in [0.15, 0.2) is 30.5 Å². The van der Waals surface area contributed by atoms with E-state index in [0.29, 0.717) is 5.56 Å². The fourth-order valence-corrected chi connectivity index (χ4v) is 2.62. The number of hydrogen-bond acceptors (Lipinski definition) is 6. The van der Waals surface area contributed by atoms with Gasteiger partial charge in [0.05, 0.1) is 11.6 Å². The Labute approximate surface area is 116 Å². The lowest BCUT2D eigenvalue weighted by Gasteiger charge is -2.15. The highest BCUT2D eigenvalue weighted by atomic mass is 32.1. The Kier molecular flexibility index (Phi) is 4.47. The minimum Gasteiger partial charge on any atom is -0.300 e. The van der Waals surface area contributed by atoms with Crippen LogP contribution in [0.2, 0.25) is 0 Å². The van der Waals surface area contributed by atoms with Crippen LogP contribution in [0.3, 0.4) is 0 Å². The molecule has 2 rings (SSSR count). The van der Waals surface area contributed by atoms with E-state index in [1.165, 1.54) is 11.3 Å². The first kappa shape index (κ1) is 13.5. The molecule has 6 heteroatoms. The van der Waals surface area contributed by atoms with Gasteiger partial charge >= 0.3 is 0 Å². The van der Waals surface area contributed by atoms with Crippen molar-refractivity contribution in [2.45, 2.75) is 13.1 Å². The molecule has 0 fully saturated rings. The van der Waals surface area contributed by atoms with Gasteiger partial charge in [0.25, 0.3) is 0 Å². The van der Waals surface area contributed by atoms with E-state index in [-0.39, 0.29) is 0 Å². The summed E-state index contributed by atoms with van der Waals surface area (Å²) in [6.07, 6.45) is 1.82. The van der Waals surface area contributed by atoms with E-state index in [1.807, 2.05) is 37.5 Å². The maximum Gasteiger partial charge on any atom is 0.197 e. The fraction of sp³-hybridized carbons (Fsp3) is 0.231. The average Bonchev–Trinajstić information content (AvgIpc) is 2.86. The summed E-state index contributed by atoms with van der Waals surface area (Å²) in [6.45, 7) is 1.59. The zero-order valence-electron chi connectivity index (χ0n) is 10.6. The molecule has 5 nitrogen and oxygen atoms in total. The summed E-state index contributed by atoms with van der Waals surface area (Å²) in [6, 6.07) is 9.81. The van der Waals surface area contributed by atoms with Gasteiger partial charge in [0, 0.05) is 24.2 Å². The van der Waals surface area contributed by atoms with E-state index in [1.54, 1.807) is 0 Å². The number of nitriles is 1. The van der Waals surface area contributed by atoms with Gasteiger partial charge in [-0.2, -0.15) is 5.26 Å². The molecule has 0 aliphatic rings. The molecule has 0 radical (unpaired) electrons. The molecule has 0 bridgehead atoms. The number of nitrogen functional groups attached to an aromatic ring is 1. The Bertz CT molecular complexity index is 587. The van der Waals surface area contributed by atoms with E-state index in [4.69, 9.17) is 11.1 Å². The highest BCUT2D eigenvalue weighted by molar-refractivity contribution is 7.15. The molecule has 19 heavy (non-hydrogen) atoms. The van der Waals surface area contributed by atoms with Crippen molar-refractivity contribution in [3.8, 4) is 6.07 Å². The highest BCUT2D eigenvalue weighted by Crippen LogP contribution is 2.19. The molecule has 0 unspecified atom stereocenters. The smallest absolute Gasteiger partial charge is 0.197 e. The summed E-state index contributed by atoms with van der Waals surface area (Å²) in [5.41, 5.74) is 4.36. The Morgan fingerprint density at radius 1 is 1.47 bits per heavy atom. The zero-order valence-corrected chi connectivity index (χ0v) is 11.4. The molecule has 0 amide bonds. The first-order chi connectivity index (χ1) is 9.21. The summed E-state index contributed by atoms with van der Waals surface area (Å²) in [5.74, 6) is 5.30. The number of hydrazine groups is 1. The van der Waals surface area contributed by atoms with Crippen molar-refractivity contribution in [3.05, 3.63) is 46.5 Å². The third-order valence-electron chi connectivity index (χ3n) is 2.61. The number of benzene rings is 1. The lowest BCUT2D eigenvalue weighted by molar-refractivity contribution is 0.322. The molecule has 0 spiro atoms. The molecule has 98 valence electrons. The van der Waals surface area contributed by atoms with Crippen LogP contribution in [-0.2, 0) is 13.1 Å². The molecule has 0 atom stereocenters. The van der Waals surface area contributed by atoms with Crippen molar-refractivity contribution in [1.29, 1.82) is 5.26 Å². The van der Waals surface area contributed by atoms with Crippen molar-refractivity contribution >= 4 is 16.5 Å². The molecular weight excluding hydrogens is 258 g/mol. The summed E-state index contributed by atoms with van der Waals surface area (Å²) >= 11 is 1.54. The molecule has 0 aliphatic heterocycles. The fourth-order valence-electron chi connectivity index (χ4n) is 1.82. The molecule has 0 aliphatic carbocycles. The maximum atomic E-state index is 8.87. The second-order valence-corrected chi connectivity index (χ2v) is 5.38. The van der Waals surface area contributed by atoms with Gasteiger partial charge in [-0.25, -0.2) is 10.8 Å². The third-order valence-corrected chi connectivity index (χ3v) is 3.52. The van der Waals surface area contributed by atoms with E-state index >= 15 is 0 Å². The number of hydrogen-bond donors (Lipinski definition) is 2. The lowest BCUT2D eigenvalue weighted by Crippen LogP contribution is -2.16. The predicted octanol–water partition coefficient (Wildman–Crippen LogP) is 1.93. The normalized spacial score (nSPS) is 10.4. The predicted molar refractivity (Wildman–Crippen MR) is 76.3 cm³/mol. The Morgan fingerprint density at radius 3 is 3.00 bits per heavy atom. The van der Waals surface area contributed by atoms with Crippen LogP contribution < -0.4 is 11.3 Å². The standard InChI is InChI=1S/C13H15N5S/c1-18(9-12-7-16-13(17-15)19-12)8-11-4-2-3-10(5-11)6-14/h2-5,7H,8-9,15H2,1H3,(H,16,17). The molecule has 2 aromatic rings. The SMILES string of the molecule is CN(Cc1cccc(C#N)c1)Cc1cnc(NN)s1. The van der Waals surface area contributed by atoms with Crippen molar-refractivity contribution < 1.29 is 0 Å². The Morgan fingerprint density at radius 2 is 2.32 bits per heavy atom. The number of rotatable bonds is 5. The first-order valence-electron chi connectivity index (χ1n) is 5.80. The quantitative estimate of drug-likeness (QED) is 0.643. The number of aromatic nitrogens is 1. The zero-order chi connectivity index (χ0) is 13.7. The highest BCUT2D eigenvalue weighted by Gasteiger charge is 2.06. The lowest BCUT2D eigenvalue weighted by atomic mass is 10.1. The van der Waals surface area contributed by atoms with Gasteiger partial charge < -0.3 is 0 Å². The first-order valence-corrected chi connectivity index (χ1v) is 6.62. The Balaban J connectivity index is 1.97. The summed E-state index contributed by atoms with van der Waals surface area (Å²) in [5, 5.41) is 9.59. The summed E-state index contributed by atoms with van der Waals surface area (Å²) in [4.78, 5) is 7.45. The number of anilines is 1. The second-order valence-electron chi connectivity index (χ2n) is 4.26. The second kappa shape index (κ2) is 6.29. The van der Waals surface area contributed by atoms with E-state index < -0.39 is 0 Å². The molecule has 3 N–H and O–H groups in total. The van der Waals surface area contributed by atoms with Gasteiger partial charge in [-0.1, -0.05) is 23.5 Å². The minimum absolute atomic E-state index is 0.693. The van der Waals surface area contributed by atoms with Crippen molar-refractivity contribution in [1.82, 2.24) is 9.88 Å². The van der Waals surface area contributed by atoms with Crippen molar-refractivity contribution in [2.24, 2.45) is 5.84 Å². The average molecular weight is 273 g/mol. The van der Waals surface area contributed by atoms with Crippen LogP contribution in [-0.4, -0.2) is 16.9 Å². The number of thiazole rings is 1. The van der Waals surface area contributed by atoms with E-state index in [0.717, 1.165) is 28.7 Å². The van der Waals surface area contributed by atoms with Crippen molar-refractivity contribution in [3.63, 3.8) is 0 Å². The van der Waals surface area contributed by atoms with Gasteiger partial charge in [0.2, 0.25) is 0 Å². The molecule has 1 aromatic carbocycles. The topological polar surface area (TPSA) is 78.0 Å². The molecule has 1 aromatic heterocycles. The van der Waals surface area contributed by atoms with Crippen LogP contribution in [0.25, 0.3) is 0 Å². The van der Waals surface area contributed by atoms with Gasteiger partial charge in [0.15, 0.2) is 5.13 Å². The maximum absolute atomic E-state index is 8.87. The monoisotopic (exact) mass is 273 g/mol. The van der Waals surface area contributed by atoms with Crippen molar-refractivity contribution in [2.75, 3.05) is 12.5 Å². The van der Waals surface area contributed by atoms with E-state index in [2.05, 4.69) is 21.4 Å². The third kappa shape index (κ3) is 3.76. The molecule has 0 saturated carbocycles.